The first-order chi connectivity index (χ1) is 9.13. The highest BCUT2D eigenvalue weighted by molar-refractivity contribution is 7.80. The van der Waals surface area contributed by atoms with E-state index in [0.29, 0.717) is 5.11 Å². The van der Waals surface area contributed by atoms with Crippen LogP contribution in [0.5, 0.6) is 0 Å². The maximum absolute atomic E-state index is 10.9. The van der Waals surface area contributed by atoms with Gasteiger partial charge in [0.05, 0.1) is 0 Å². The second-order valence-corrected chi connectivity index (χ2v) is 7.16. The molecule has 0 saturated carbocycles. The fourth-order valence-electron chi connectivity index (χ4n) is 1.90. The van der Waals surface area contributed by atoms with Crippen molar-refractivity contribution in [3.63, 3.8) is 0 Å². The number of carbonyl (C=O) groups is 2. The minimum Gasteiger partial charge on any atom is -0.376 e. The summed E-state index contributed by atoms with van der Waals surface area (Å²) in [6.45, 7) is 9.23. The molecule has 20 heavy (non-hydrogen) atoms. The fraction of sp³-hybridized carbons (Fsp3) is 0.800. The summed E-state index contributed by atoms with van der Waals surface area (Å²) in [5.41, 5.74) is 5.14. The highest BCUT2D eigenvalue weighted by atomic mass is 32.1. The van der Waals surface area contributed by atoms with Crippen LogP contribution < -0.4 is 5.73 Å². The van der Waals surface area contributed by atoms with E-state index in [1.807, 2.05) is 32.6 Å². The number of thiocarbonyl (C=S) groups is 1. The first-order valence-corrected chi connectivity index (χ1v) is 7.51. The predicted octanol–water partition coefficient (Wildman–Crippen LogP) is 2.54. The van der Waals surface area contributed by atoms with Gasteiger partial charge < -0.3 is 20.2 Å². The van der Waals surface area contributed by atoms with E-state index in [4.69, 9.17) is 18.0 Å². The van der Waals surface area contributed by atoms with Gasteiger partial charge in [-0.3, -0.25) is 0 Å². The topological polar surface area (TPSA) is 63.4 Å². The molecule has 0 bridgehead atoms. The van der Waals surface area contributed by atoms with Crippen molar-refractivity contribution in [1.82, 2.24) is 4.90 Å². The van der Waals surface area contributed by atoms with Crippen LogP contribution in [0.1, 0.15) is 53.4 Å². The van der Waals surface area contributed by atoms with Crippen molar-refractivity contribution in [2.75, 3.05) is 13.1 Å². The summed E-state index contributed by atoms with van der Waals surface area (Å²) in [7, 11) is 0. The Balaban J connectivity index is 4.16. The molecule has 0 aromatic carbocycles. The zero-order valence-electron chi connectivity index (χ0n) is 13.1. The normalized spacial score (nSPS) is 12.0. The van der Waals surface area contributed by atoms with Gasteiger partial charge in [0.25, 0.3) is 0 Å². The number of hydrogen-bond acceptors (Lipinski definition) is 3. The van der Waals surface area contributed by atoms with Gasteiger partial charge >= 0.3 is 0 Å². The Morgan fingerprint density at radius 1 is 1.00 bits per heavy atom. The Morgan fingerprint density at radius 2 is 1.35 bits per heavy atom. The summed E-state index contributed by atoms with van der Waals surface area (Å²) in [5, 5.41) is 0.387. The highest BCUT2D eigenvalue weighted by Gasteiger charge is 2.18. The molecular formula is C15H28N2O2S. The molecule has 0 aliphatic carbocycles. The van der Waals surface area contributed by atoms with Crippen LogP contribution in [0.25, 0.3) is 0 Å². The van der Waals surface area contributed by atoms with Gasteiger partial charge in [-0.25, -0.2) is 0 Å². The highest BCUT2D eigenvalue weighted by Crippen LogP contribution is 2.20. The van der Waals surface area contributed by atoms with Crippen LogP contribution >= 0.6 is 12.2 Å². The summed E-state index contributed by atoms with van der Waals surface area (Å²) in [4.78, 5) is 23.7. The monoisotopic (exact) mass is 300 g/mol. The van der Waals surface area contributed by atoms with Crippen LogP contribution in [-0.2, 0) is 9.59 Å². The van der Waals surface area contributed by atoms with E-state index in [1.54, 1.807) is 0 Å². The zero-order chi connectivity index (χ0) is 15.8. The standard InChI is InChI=1S/C15H28N2O2S/c1-14(2,11-18)7-5-9-17(13(16)20)10-6-8-15(3,4)12-19/h11-12H,5-10H2,1-4H3,(H2,16,20). The molecule has 0 spiro atoms. The largest absolute Gasteiger partial charge is 0.376 e. The lowest BCUT2D eigenvalue weighted by molar-refractivity contribution is -0.115. The molecule has 0 aliphatic heterocycles. The Hall–Kier alpha value is -0.970. The van der Waals surface area contributed by atoms with Gasteiger partial charge in [0.1, 0.15) is 12.6 Å². The average molecular weight is 300 g/mol. The lowest BCUT2D eigenvalue weighted by Gasteiger charge is -2.26. The molecule has 0 amide bonds. The molecule has 4 nitrogen and oxygen atoms in total. The minimum atomic E-state index is -0.290. The van der Waals surface area contributed by atoms with E-state index < -0.39 is 0 Å². The molecule has 0 rings (SSSR count). The number of aldehydes is 2. The van der Waals surface area contributed by atoms with Crippen LogP contribution in [0.15, 0.2) is 0 Å². The summed E-state index contributed by atoms with van der Waals surface area (Å²) in [5.74, 6) is 0. The van der Waals surface area contributed by atoms with E-state index in [9.17, 15) is 9.59 Å². The fourth-order valence-corrected chi connectivity index (χ4v) is 2.08. The Kier molecular flexibility index (Phi) is 7.94. The van der Waals surface area contributed by atoms with Crippen molar-refractivity contribution in [3.05, 3.63) is 0 Å². The lowest BCUT2D eigenvalue weighted by Crippen LogP contribution is -2.37. The molecule has 0 unspecified atom stereocenters. The van der Waals surface area contributed by atoms with E-state index in [-0.39, 0.29) is 10.8 Å². The smallest absolute Gasteiger partial charge is 0.166 e. The van der Waals surface area contributed by atoms with Crippen LogP contribution in [0.2, 0.25) is 0 Å². The second-order valence-electron chi connectivity index (χ2n) is 6.75. The summed E-state index contributed by atoms with van der Waals surface area (Å²) < 4.78 is 0. The van der Waals surface area contributed by atoms with Gasteiger partial charge in [0, 0.05) is 23.9 Å². The van der Waals surface area contributed by atoms with Gasteiger partial charge in [0.2, 0.25) is 0 Å². The Labute approximate surface area is 128 Å². The van der Waals surface area contributed by atoms with E-state index in [0.717, 1.165) is 51.3 Å². The van der Waals surface area contributed by atoms with Gasteiger partial charge in [-0.1, -0.05) is 27.7 Å². The predicted molar refractivity (Wildman–Crippen MR) is 86.5 cm³/mol. The molecule has 0 aliphatic rings. The van der Waals surface area contributed by atoms with Crippen molar-refractivity contribution >= 4 is 29.9 Å². The molecule has 5 heteroatoms. The molecule has 0 saturated heterocycles. The van der Waals surface area contributed by atoms with Gasteiger partial charge in [-0.2, -0.15) is 0 Å². The maximum Gasteiger partial charge on any atom is 0.166 e. The Morgan fingerprint density at radius 3 is 1.60 bits per heavy atom. The van der Waals surface area contributed by atoms with E-state index in [1.165, 1.54) is 0 Å². The van der Waals surface area contributed by atoms with Crippen molar-refractivity contribution in [2.45, 2.75) is 53.4 Å². The van der Waals surface area contributed by atoms with Crippen molar-refractivity contribution in [3.8, 4) is 0 Å². The van der Waals surface area contributed by atoms with E-state index in [2.05, 4.69) is 0 Å². The van der Waals surface area contributed by atoms with Crippen molar-refractivity contribution in [1.29, 1.82) is 0 Å². The number of nitrogens with two attached hydrogens (primary N) is 1. The molecule has 0 atom stereocenters. The quantitative estimate of drug-likeness (QED) is 0.496. The summed E-state index contributed by atoms with van der Waals surface area (Å²) in [6.07, 6.45) is 5.36. The summed E-state index contributed by atoms with van der Waals surface area (Å²) >= 11 is 5.05. The maximum atomic E-state index is 10.9. The third-order valence-corrected chi connectivity index (χ3v) is 3.71. The zero-order valence-corrected chi connectivity index (χ0v) is 14.0. The van der Waals surface area contributed by atoms with Crippen molar-refractivity contribution < 1.29 is 9.59 Å². The van der Waals surface area contributed by atoms with Gasteiger partial charge in [0.15, 0.2) is 5.11 Å². The van der Waals surface area contributed by atoms with E-state index >= 15 is 0 Å². The Bertz CT molecular complexity index is 315. The van der Waals surface area contributed by atoms with Crippen LogP contribution in [-0.4, -0.2) is 35.7 Å². The van der Waals surface area contributed by atoms with Crippen molar-refractivity contribution in [2.24, 2.45) is 16.6 Å². The molecule has 0 fully saturated rings. The van der Waals surface area contributed by atoms with Crippen LogP contribution in [0.4, 0.5) is 0 Å². The molecule has 0 heterocycles. The van der Waals surface area contributed by atoms with Gasteiger partial charge in [-0.05, 0) is 37.9 Å². The lowest BCUT2D eigenvalue weighted by atomic mass is 9.89. The molecule has 0 radical (unpaired) electrons. The molecular weight excluding hydrogens is 272 g/mol. The first-order valence-electron chi connectivity index (χ1n) is 7.10. The number of nitrogens with zero attached hydrogens (tertiary/aromatic N) is 1. The SMILES string of the molecule is CC(C)(C=O)CCCN(CCCC(C)(C)C=O)C(N)=S. The minimum absolute atomic E-state index is 0.290. The van der Waals surface area contributed by atoms with Crippen LogP contribution in [0, 0.1) is 10.8 Å². The number of carbonyl (C=O) groups excluding carboxylic acids is 2. The van der Waals surface area contributed by atoms with Crippen LogP contribution in [0.3, 0.4) is 0 Å². The first kappa shape index (κ1) is 19.0. The van der Waals surface area contributed by atoms with Gasteiger partial charge in [-0.15, -0.1) is 0 Å². The third-order valence-electron chi connectivity index (χ3n) is 3.45. The summed E-state index contributed by atoms with van der Waals surface area (Å²) in [6, 6.07) is 0. The molecule has 0 aromatic rings. The molecule has 116 valence electrons. The number of rotatable bonds is 10. The molecule has 2 N–H and O–H groups in total. The average Bonchev–Trinajstić information content (AvgIpc) is 2.36. The second kappa shape index (κ2) is 8.35. The number of hydrogen-bond donors (Lipinski definition) is 1. The third kappa shape index (κ3) is 8.25. The molecule has 0 aromatic heterocycles.